The molecule has 1 aromatic heterocycles. The Kier molecular flexibility index (Phi) is 5.40. The minimum atomic E-state index is -3.44. The van der Waals surface area contributed by atoms with Crippen LogP contribution in [0.2, 0.25) is 5.02 Å². The number of carbonyl (C=O) groups excluding carboxylic acids is 1. The summed E-state index contributed by atoms with van der Waals surface area (Å²) in [5.74, 6) is -0.418. The van der Waals surface area contributed by atoms with Crippen LogP contribution in [0.5, 0.6) is 0 Å². The second kappa shape index (κ2) is 7.12. The van der Waals surface area contributed by atoms with E-state index in [0.717, 1.165) is 23.1 Å². The average molecular weight is 357 g/mol. The molecule has 0 saturated heterocycles. The number of benzene rings is 1. The van der Waals surface area contributed by atoms with Crippen LogP contribution < -0.4 is 10.0 Å². The van der Waals surface area contributed by atoms with Gasteiger partial charge in [0.25, 0.3) is 0 Å². The van der Waals surface area contributed by atoms with Gasteiger partial charge in [-0.05, 0) is 24.6 Å². The van der Waals surface area contributed by atoms with Crippen LogP contribution in [0.3, 0.4) is 0 Å². The molecule has 2 aromatic rings. The number of hydrogen-bond acceptors (Lipinski definition) is 4. The van der Waals surface area contributed by atoms with Gasteiger partial charge in [-0.3, -0.25) is 9.89 Å². The normalized spacial score (nSPS) is 12.8. The molecule has 0 radical (unpaired) electrons. The van der Waals surface area contributed by atoms with Crippen LogP contribution in [0.15, 0.2) is 30.5 Å². The molecule has 23 heavy (non-hydrogen) atoms. The van der Waals surface area contributed by atoms with Gasteiger partial charge >= 0.3 is 0 Å². The molecule has 2 rings (SSSR count). The number of H-pyrrole nitrogens is 1. The zero-order chi connectivity index (χ0) is 17.0. The summed E-state index contributed by atoms with van der Waals surface area (Å²) in [5, 5.41) is 10.2. The fraction of sp³-hybridized carbons (Fsp3) is 0.286. The van der Waals surface area contributed by atoms with E-state index in [9.17, 15) is 13.2 Å². The number of hydrogen-bond donors (Lipinski definition) is 3. The van der Waals surface area contributed by atoms with Crippen molar-refractivity contribution in [2.24, 2.45) is 0 Å². The summed E-state index contributed by atoms with van der Waals surface area (Å²) in [4.78, 5) is 11.9. The third-order valence-electron chi connectivity index (χ3n) is 3.09. The van der Waals surface area contributed by atoms with Gasteiger partial charge in [0.1, 0.15) is 0 Å². The standard InChI is InChI=1S/C14H17ClN4O3S/c1-9(19-23(2,21)22)14(20)16-7-11-8-17-18-13(11)10-3-5-12(15)6-4-10/h3-6,8-9,19H,7H2,1-2H3,(H,16,20)(H,17,18)/t9-/m1/s1. The van der Waals surface area contributed by atoms with Gasteiger partial charge in [0.05, 0.1) is 24.2 Å². The van der Waals surface area contributed by atoms with Crippen LogP contribution in [-0.4, -0.2) is 36.8 Å². The molecule has 0 saturated carbocycles. The molecule has 1 aromatic carbocycles. The Labute approximate surface area is 139 Å². The number of nitrogens with one attached hydrogen (secondary N) is 3. The van der Waals surface area contributed by atoms with E-state index in [1.165, 1.54) is 6.92 Å². The van der Waals surface area contributed by atoms with Crippen molar-refractivity contribution >= 4 is 27.5 Å². The molecular formula is C14H17ClN4O3S. The van der Waals surface area contributed by atoms with Crippen molar-refractivity contribution in [2.75, 3.05) is 6.26 Å². The van der Waals surface area contributed by atoms with Crippen molar-refractivity contribution in [3.8, 4) is 11.3 Å². The molecular weight excluding hydrogens is 340 g/mol. The second-order valence-corrected chi connectivity index (χ2v) is 7.32. The zero-order valence-electron chi connectivity index (χ0n) is 12.6. The maximum absolute atomic E-state index is 11.9. The summed E-state index contributed by atoms with van der Waals surface area (Å²) in [6.45, 7) is 1.70. The second-order valence-electron chi connectivity index (χ2n) is 5.11. The summed E-state index contributed by atoms with van der Waals surface area (Å²) < 4.78 is 24.5. The Morgan fingerprint density at radius 1 is 1.35 bits per heavy atom. The first-order valence-electron chi connectivity index (χ1n) is 6.79. The average Bonchev–Trinajstić information content (AvgIpc) is 2.92. The highest BCUT2D eigenvalue weighted by molar-refractivity contribution is 7.88. The van der Waals surface area contributed by atoms with Crippen LogP contribution in [0.25, 0.3) is 11.3 Å². The monoisotopic (exact) mass is 356 g/mol. The van der Waals surface area contributed by atoms with Crippen molar-refractivity contribution in [1.29, 1.82) is 0 Å². The predicted molar refractivity (Wildman–Crippen MR) is 88.3 cm³/mol. The molecule has 0 unspecified atom stereocenters. The number of aromatic nitrogens is 2. The molecule has 7 nitrogen and oxygen atoms in total. The molecule has 9 heteroatoms. The van der Waals surface area contributed by atoms with Gasteiger partial charge < -0.3 is 5.32 Å². The van der Waals surface area contributed by atoms with E-state index in [4.69, 9.17) is 11.6 Å². The number of rotatable bonds is 6. The highest BCUT2D eigenvalue weighted by Gasteiger charge is 2.17. The van der Waals surface area contributed by atoms with Crippen molar-refractivity contribution in [3.05, 3.63) is 41.0 Å². The van der Waals surface area contributed by atoms with Crippen LogP contribution in [0.1, 0.15) is 12.5 Å². The number of nitrogens with zero attached hydrogens (tertiary/aromatic N) is 1. The predicted octanol–water partition coefficient (Wildman–Crippen LogP) is 1.28. The van der Waals surface area contributed by atoms with E-state index in [1.54, 1.807) is 18.3 Å². The molecule has 0 aliphatic carbocycles. The van der Waals surface area contributed by atoms with E-state index >= 15 is 0 Å². The topological polar surface area (TPSA) is 104 Å². The van der Waals surface area contributed by atoms with Crippen LogP contribution in [0, 0.1) is 0 Å². The van der Waals surface area contributed by atoms with Crippen molar-refractivity contribution < 1.29 is 13.2 Å². The maximum atomic E-state index is 11.9. The highest BCUT2D eigenvalue weighted by Crippen LogP contribution is 2.22. The van der Waals surface area contributed by atoms with Gasteiger partial charge in [0, 0.05) is 17.1 Å². The van der Waals surface area contributed by atoms with Crippen LogP contribution in [-0.2, 0) is 21.4 Å². The van der Waals surface area contributed by atoms with E-state index in [2.05, 4.69) is 20.2 Å². The Morgan fingerprint density at radius 2 is 2.00 bits per heavy atom. The Hall–Kier alpha value is -1.90. The van der Waals surface area contributed by atoms with Crippen molar-refractivity contribution in [3.63, 3.8) is 0 Å². The van der Waals surface area contributed by atoms with E-state index in [-0.39, 0.29) is 6.54 Å². The molecule has 0 aliphatic rings. The first-order valence-corrected chi connectivity index (χ1v) is 9.06. The lowest BCUT2D eigenvalue weighted by Crippen LogP contribution is -2.44. The number of sulfonamides is 1. The first kappa shape index (κ1) is 17.5. The van der Waals surface area contributed by atoms with Crippen LogP contribution in [0.4, 0.5) is 0 Å². The van der Waals surface area contributed by atoms with E-state index in [1.807, 2.05) is 12.1 Å². The Balaban J connectivity index is 2.03. The SMILES string of the molecule is C[C@@H](NS(C)(=O)=O)C(=O)NCc1cn[nH]c1-c1ccc(Cl)cc1. The number of aromatic amines is 1. The summed E-state index contributed by atoms with van der Waals surface area (Å²) in [5.41, 5.74) is 2.44. The number of carbonyl (C=O) groups is 1. The summed E-state index contributed by atoms with van der Waals surface area (Å²) in [6, 6.07) is 6.36. The zero-order valence-corrected chi connectivity index (χ0v) is 14.2. The fourth-order valence-corrected chi connectivity index (χ4v) is 2.90. The largest absolute Gasteiger partial charge is 0.351 e. The van der Waals surface area contributed by atoms with E-state index in [0.29, 0.717) is 5.02 Å². The molecule has 124 valence electrons. The molecule has 1 atom stereocenters. The Morgan fingerprint density at radius 3 is 2.61 bits per heavy atom. The van der Waals surface area contributed by atoms with Gasteiger partial charge in [-0.15, -0.1) is 0 Å². The minimum Gasteiger partial charge on any atom is -0.351 e. The maximum Gasteiger partial charge on any atom is 0.238 e. The van der Waals surface area contributed by atoms with Gasteiger partial charge in [-0.2, -0.15) is 5.10 Å². The van der Waals surface area contributed by atoms with Gasteiger partial charge in [0.15, 0.2) is 0 Å². The highest BCUT2D eigenvalue weighted by atomic mass is 35.5. The quantitative estimate of drug-likeness (QED) is 0.725. The molecule has 3 N–H and O–H groups in total. The lowest BCUT2D eigenvalue weighted by Gasteiger charge is -2.12. The number of halogens is 1. The number of amides is 1. The van der Waals surface area contributed by atoms with Gasteiger partial charge in [-0.25, -0.2) is 13.1 Å². The Bertz CT molecular complexity index is 787. The lowest BCUT2D eigenvalue weighted by molar-refractivity contribution is -0.122. The smallest absolute Gasteiger partial charge is 0.238 e. The molecule has 0 aliphatic heterocycles. The molecule has 0 bridgehead atoms. The lowest BCUT2D eigenvalue weighted by atomic mass is 10.1. The first-order chi connectivity index (χ1) is 10.8. The van der Waals surface area contributed by atoms with Gasteiger partial charge in [-0.1, -0.05) is 23.7 Å². The summed E-state index contributed by atoms with van der Waals surface area (Å²) >= 11 is 5.86. The van der Waals surface area contributed by atoms with E-state index < -0.39 is 22.0 Å². The molecule has 1 amide bonds. The third-order valence-corrected chi connectivity index (χ3v) is 4.12. The fourth-order valence-electron chi connectivity index (χ4n) is 2.02. The summed E-state index contributed by atoms with van der Waals surface area (Å²) in [7, 11) is -3.44. The van der Waals surface area contributed by atoms with Crippen molar-refractivity contribution in [1.82, 2.24) is 20.2 Å². The summed E-state index contributed by atoms with van der Waals surface area (Å²) in [6.07, 6.45) is 2.62. The van der Waals surface area contributed by atoms with Crippen LogP contribution >= 0.6 is 11.6 Å². The van der Waals surface area contributed by atoms with Crippen molar-refractivity contribution in [2.45, 2.75) is 19.5 Å². The van der Waals surface area contributed by atoms with Gasteiger partial charge in [0.2, 0.25) is 15.9 Å². The third kappa shape index (κ3) is 5.05. The molecule has 0 fully saturated rings. The molecule has 0 spiro atoms. The molecule has 1 heterocycles. The minimum absolute atomic E-state index is 0.225.